The normalized spacial score (nSPS) is 15.6. The van der Waals surface area contributed by atoms with Crippen LogP contribution in [-0.4, -0.2) is 78.1 Å². The Morgan fingerprint density at radius 3 is 1.88 bits per heavy atom. The van der Waals surface area contributed by atoms with Crippen LogP contribution in [0.15, 0.2) is 12.2 Å². The van der Waals surface area contributed by atoms with E-state index in [0.717, 1.165) is 4.90 Å². The number of hydrogen-bond acceptors (Lipinski definition) is 7. The van der Waals surface area contributed by atoms with Gasteiger partial charge in [0, 0.05) is 38.2 Å². The SMILES string of the molecule is C[C@H](NC(=O)CCCCCN1C(=O)C=CC1=O)C(=O)N[C@@H](C)C(=O)N[C@@H](C)C(=O)NCCN. The maximum Gasteiger partial charge on any atom is 0.253 e. The molecule has 0 unspecified atom stereocenters. The number of nitrogens with one attached hydrogen (secondary N) is 4. The fourth-order valence-corrected chi connectivity index (χ4v) is 2.92. The molecule has 0 saturated carbocycles. The van der Waals surface area contributed by atoms with E-state index < -0.39 is 29.9 Å². The van der Waals surface area contributed by atoms with Crippen molar-refractivity contribution in [3.05, 3.63) is 12.2 Å². The van der Waals surface area contributed by atoms with E-state index >= 15 is 0 Å². The first kappa shape index (κ1) is 27.8. The largest absolute Gasteiger partial charge is 0.353 e. The van der Waals surface area contributed by atoms with Crippen LogP contribution in [-0.2, 0) is 28.8 Å². The minimum atomic E-state index is -0.910. The van der Waals surface area contributed by atoms with Gasteiger partial charge in [-0.15, -0.1) is 0 Å². The lowest BCUT2D eigenvalue weighted by Gasteiger charge is -2.20. The minimum absolute atomic E-state index is 0.184. The van der Waals surface area contributed by atoms with Crippen molar-refractivity contribution in [2.24, 2.45) is 5.73 Å². The molecule has 1 aliphatic heterocycles. The zero-order valence-corrected chi connectivity index (χ0v) is 19.3. The molecule has 1 aliphatic rings. The van der Waals surface area contributed by atoms with Gasteiger partial charge in [-0.25, -0.2) is 0 Å². The third kappa shape index (κ3) is 9.81. The van der Waals surface area contributed by atoms with Crippen LogP contribution in [0, 0.1) is 0 Å². The third-order valence-electron chi connectivity index (χ3n) is 4.90. The zero-order chi connectivity index (χ0) is 25.0. The molecule has 6 amide bonds. The van der Waals surface area contributed by atoms with Gasteiger partial charge in [0.15, 0.2) is 0 Å². The highest BCUT2D eigenvalue weighted by Gasteiger charge is 2.24. The Labute approximate surface area is 193 Å². The van der Waals surface area contributed by atoms with Crippen molar-refractivity contribution in [2.75, 3.05) is 19.6 Å². The quantitative estimate of drug-likeness (QED) is 0.146. The van der Waals surface area contributed by atoms with E-state index in [9.17, 15) is 28.8 Å². The molecular weight excluding hydrogens is 432 g/mol. The van der Waals surface area contributed by atoms with Crippen LogP contribution >= 0.6 is 0 Å². The molecule has 0 fully saturated rings. The Morgan fingerprint density at radius 2 is 1.33 bits per heavy atom. The monoisotopic (exact) mass is 466 g/mol. The summed E-state index contributed by atoms with van der Waals surface area (Å²) < 4.78 is 0. The van der Waals surface area contributed by atoms with E-state index in [0.29, 0.717) is 25.8 Å². The van der Waals surface area contributed by atoms with E-state index in [1.807, 2.05) is 0 Å². The van der Waals surface area contributed by atoms with Crippen molar-refractivity contribution >= 4 is 35.4 Å². The molecule has 1 heterocycles. The predicted octanol–water partition coefficient (Wildman–Crippen LogP) is -1.94. The Morgan fingerprint density at radius 1 is 0.818 bits per heavy atom. The Kier molecular flexibility index (Phi) is 11.8. The highest BCUT2D eigenvalue weighted by Crippen LogP contribution is 2.07. The van der Waals surface area contributed by atoms with Crippen molar-refractivity contribution in [1.29, 1.82) is 0 Å². The van der Waals surface area contributed by atoms with Crippen molar-refractivity contribution < 1.29 is 28.8 Å². The lowest BCUT2D eigenvalue weighted by atomic mass is 10.1. The molecule has 0 aliphatic carbocycles. The molecule has 0 aromatic carbocycles. The van der Waals surface area contributed by atoms with E-state index in [1.54, 1.807) is 0 Å². The van der Waals surface area contributed by atoms with Crippen LogP contribution in [0.2, 0.25) is 0 Å². The lowest BCUT2D eigenvalue weighted by Crippen LogP contribution is -2.54. The van der Waals surface area contributed by atoms with Gasteiger partial charge in [-0.3, -0.25) is 33.7 Å². The highest BCUT2D eigenvalue weighted by molar-refractivity contribution is 6.12. The molecule has 1 rings (SSSR count). The molecule has 0 saturated heterocycles. The highest BCUT2D eigenvalue weighted by atomic mass is 16.2. The van der Waals surface area contributed by atoms with Crippen LogP contribution < -0.4 is 27.0 Å². The second kappa shape index (κ2) is 14.0. The first-order chi connectivity index (χ1) is 15.6. The summed E-state index contributed by atoms with van der Waals surface area (Å²) in [6.45, 7) is 5.35. The Balaban J connectivity index is 2.26. The molecule has 0 bridgehead atoms. The van der Waals surface area contributed by atoms with Crippen molar-refractivity contribution in [1.82, 2.24) is 26.2 Å². The third-order valence-corrected chi connectivity index (χ3v) is 4.90. The summed E-state index contributed by atoms with van der Waals surface area (Å²) in [5.41, 5.74) is 5.31. The summed E-state index contributed by atoms with van der Waals surface area (Å²) in [5.74, 6) is -2.44. The summed E-state index contributed by atoms with van der Waals surface area (Å²) in [6.07, 6.45) is 4.40. The number of carbonyl (C=O) groups excluding carboxylic acids is 6. The standard InChI is InChI=1S/C21H34N6O6/c1-13(19(31)23-11-10-22)25-21(33)15(3)26-20(32)14(2)24-16(28)7-5-4-6-12-27-17(29)8-9-18(27)30/h8-9,13-15H,4-7,10-12,22H2,1-3H3,(H,23,31)(H,24,28)(H,25,33)(H,26,32)/t13-,14-,15-/m0/s1. The number of amides is 6. The van der Waals surface area contributed by atoms with Crippen molar-refractivity contribution in [2.45, 2.75) is 64.6 Å². The first-order valence-electron chi connectivity index (χ1n) is 11.0. The van der Waals surface area contributed by atoms with Gasteiger partial charge >= 0.3 is 0 Å². The maximum atomic E-state index is 12.3. The fourth-order valence-electron chi connectivity index (χ4n) is 2.92. The summed E-state index contributed by atoms with van der Waals surface area (Å²) in [5, 5.41) is 10.1. The molecule has 184 valence electrons. The van der Waals surface area contributed by atoms with E-state index in [1.165, 1.54) is 32.9 Å². The predicted molar refractivity (Wildman–Crippen MR) is 119 cm³/mol. The summed E-state index contributed by atoms with van der Waals surface area (Å²) in [6, 6.07) is -2.56. The number of nitrogens with zero attached hydrogens (tertiary/aromatic N) is 1. The first-order valence-corrected chi connectivity index (χ1v) is 11.0. The molecule has 0 aromatic heterocycles. The number of unbranched alkanes of at least 4 members (excludes halogenated alkanes) is 2. The summed E-state index contributed by atoms with van der Waals surface area (Å²) in [4.78, 5) is 72.3. The van der Waals surface area contributed by atoms with Crippen molar-refractivity contribution in [3.63, 3.8) is 0 Å². The lowest BCUT2D eigenvalue weighted by molar-refractivity contribution is -0.137. The second-order valence-electron chi connectivity index (χ2n) is 7.80. The molecule has 12 heteroatoms. The van der Waals surface area contributed by atoms with Gasteiger partial charge in [0.2, 0.25) is 23.6 Å². The number of carbonyl (C=O) groups is 6. The van der Waals surface area contributed by atoms with Crippen LogP contribution in [0.5, 0.6) is 0 Å². The molecule has 12 nitrogen and oxygen atoms in total. The Hall–Kier alpha value is -3.28. The maximum absolute atomic E-state index is 12.3. The fraction of sp³-hybridized carbons (Fsp3) is 0.619. The number of rotatable bonds is 14. The molecule has 0 radical (unpaired) electrons. The molecule has 6 N–H and O–H groups in total. The smallest absolute Gasteiger partial charge is 0.253 e. The summed E-state index contributed by atoms with van der Waals surface area (Å²) >= 11 is 0. The zero-order valence-electron chi connectivity index (χ0n) is 19.3. The molecule has 0 spiro atoms. The van der Waals surface area contributed by atoms with Crippen LogP contribution in [0.1, 0.15) is 46.5 Å². The van der Waals surface area contributed by atoms with E-state index in [2.05, 4.69) is 21.3 Å². The molecule has 0 aromatic rings. The van der Waals surface area contributed by atoms with Crippen LogP contribution in [0.4, 0.5) is 0 Å². The molecule has 3 atom stereocenters. The number of nitrogens with two attached hydrogens (primary N) is 1. The van der Waals surface area contributed by atoms with Crippen LogP contribution in [0.3, 0.4) is 0 Å². The van der Waals surface area contributed by atoms with Gasteiger partial charge in [0.05, 0.1) is 0 Å². The van der Waals surface area contributed by atoms with Gasteiger partial charge in [-0.05, 0) is 33.6 Å². The molecular formula is C21H34N6O6. The second-order valence-corrected chi connectivity index (χ2v) is 7.80. The van der Waals surface area contributed by atoms with Gasteiger partial charge in [-0.1, -0.05) is 6.42 Å². The van der Waals surface area contributed by atoms with E-state index in [-0.39, 0.29) is 43.1 Å². The average molecular weight is 467 g/mol. The van der Waals surface area contributed by atoms with Gasteiger partial charge in [0.25, 0.3) is 11.8 Å². The van der Waals surface area contributed by atoms with Gasteiger partial charge in [0.1, 0.15) is 18.1 Å². The van der Waals surface area contributed by atoms with Gasteiger partial charge < -0.3 is 27.0 Å². The Bertz CT molecular complexity index is 765. The minimum Gasteiger partial charge on any atom is -0.353 e. The van der Waals surface area contributed by atoms with Crippen LogP contribution in [0.25, 0.3) is 0 Å². The van der Waals surface area contributed by atoms with Crippen molar-refractivity contribution in [3.8, 4) is 0 Å². The van der Waals surface area contributed by atoms with Gasteiger partial charge in [-0.2, -0.15) is 0 Å². The number of hydrogen-bond donors (Lipinski definition) is 5. The topological polar surface area (TPSA) is 180 Å². The van der Waals surface area contributed by atoms with E-state index in [4.69, 9.17) is 5.73 Å². The molecule has 33 heavy (non-hydrogen) atoms. The number of imide groups is 1. The summed E-state index contributed by atoms with van der Waals surface area (Å²) in [7, 11) is 0. The average Bonchev–Trinajstić information content (AvgIpc) is 3.08.